The maximum atomic E-state index is 12.4. The second-order valence-electron chi connectivity index (χ2n) is 8.15. The van der Waals surface area contributed by atoms with Crippen LogP contribution in [0.2, 0.25) is 0 Å². The third kappa shape index (κ3) is 6.67. The van der Waals surface area contributed by atoms with Crippen LogP contribution in [0, 0.1) is 5.92 Å². The van der Waals surface area contributed by atoms with Crippen LogP contribution in [0.25, 0.3) is 6.08 Å². The van der Waals surface area contributed by atoms with E-state index in [4.69, 9.17) is 0 Å². The molecule has 6 nitrogen and oxygen atoms in total. The highest BCUT2D eigenvalue weighted by Crippen LogP contribution is 2.22. The summed E-state index contributed by atoms with van der Waals surface area (Å²) in [5.74, 6) is 0.773. The maximum absolute atomic E-state index is 12.4. The van der Waals surface area contributed by atoms with Crippen LogP contribution in [0.1, 0.15) is 51.0 Å². The zero-order valence-corrected chi connectivity index (χ0v) is 17.6. The molecule has 158 valence electrons. The molecule has 3 rings (SSSR count). The fourth-order valence-corrected chi connectivity index (χ4v) is 4.39. The third-order valence-corrected chi connectivity index (χ3v) is 6.27. The monoisotopic (exact) mass is 398 g/mol. The van der Waals surface area contributed by atoms with Crippen molar-refractivity contribution in [1.82, 2.24) is 20.1 Å². The molecular weight excluding hydrogens is 364 g/mol. The molecule has 1 aromatic rings. The molecule has 29 heavy (non-hydrogen) atoms. The molecule has 0 saturated carbocycles. The van der Waals surface area contributed by atoms with Crippen molar-refractivity contribution in [3.05, 3.63) is 36.2 Å². The molecule has 1 atom stereocenters. The molecule has 0 radical (unpaired) electrons. The molecule has 1 unspecified atom stereocenters. The minimum atomic E-state index is 0.0649. The molecule has 0 aromatic carbocycles. The lowest BCUT2D eigenvalue weighted by Crippen LogP contribution is -2.40. The van der Waals surface area contributed by atoms with Crippen molar-refractivity contribution in [1.29, 1.82) is 0 Å². The van der Waals surface area contributed by atoms with Crippen molar-refractivity contribution in [2.45, 2.75) is 51.5 Å². The van der Waals surface area contributed by atoms with Crippen LogP contribution in [-0.4, -0.2) is 65.4 Å². The average Bonchev–Trinajstić information content (AvgIpc) is 3.23. The highest BCUT2D eigenvalue weighted by Gasteiger charge is 2.24. The van der Waals surface area contributed by atoms with Gasteiger partial charge in [-0.2, -0.15) is 0 Å². The van der Waals surface area contributed by atoms with Crippen LogP contribution in [0.5, 0.6) is 0 Å². The third-order valence-electron chi connectivity index (χ3n) is 6.27. The van der Waals surface area contributed by atoms with Gasteiger partial charge in [0.05, 0.1) is 0 Å². The van der Waals surface area contributed by atoms with E-state index in [-0.39, 0.29) is 11.8 Å². The quantitative estimate of drug-likeness (QED) is 0.684. The molecule has 0 spiro atoms. The average molecular weight is 399 g/mol. The lowest BCUT2D eigenvalue weighted by atomic mass is 9.92. The Balaban J connectivity index is 1.32. The van der Waals surface area contributed by atoms with Gasteiger partial charge in [-0.15, -0.1) is 0 Å². The standard InChI is InChI=1S/C23H34N4O2/c1-2-26-15-3-4-21(26)18-25-22(28)7-5-20-11-16-27(17-12-20)23(29)8-6-19-9-13-24-14-10-19/h6,8-10,13-14,20-21H,2-5,7,11-12,15-18H2,1H3,(H,25,28)/b8-6+. The summed E-state index contributed by atoms with van der Waals surface area (Å²) < 4.78 is 0. The summed E-state index contributed by atoms with van der Waals surface area (Å²) in [6.07, 6.45) is 12.8. The number of nitrogens with one attached hydrogen (secondary N) is 1. The van der Waals surface area contributed by atoms with E-state index in [9.17, 15) is 9.59 Å². The first kappa shape index (κ1) is 21.5. The van der Waals surface area contributed by atoms with E-state index >= 15 is 0 Å². The van der Waals surface area contributed by atoms with E-state index in [1.807, 2.05) is 23.1 Å². The number of hydrogen-bond donors (Lipinski definition) is 1. The molecule has 2 aliphatic heterocycles. The Morgan fingerprint density at radius 1 is 1.17 bits per heavy atom. The van der Waals surface area contributed by atoms with Gasteiger partial charge in [0, 0.05) is 50.6 Å². The predicted octanol–water partition coefficient (Wildman–Crippen LogP) is 2.71. The normalized spacial score (nSPS) is 21.0. The lowest BCUT2D eigenvalue weighted by molar-refractivity contribution is -0.127. The number of rotatable bonds is 8. The number of nitrogens with zero attached hydrogens (tertiary/aromatic N) is 3. The predicted molar refractivity (Wildman–Crippen MR) is 115 cm³/mol. The number of likely N-dealkylation sites (N-methyl/N-ethyl adjacent to an activating group) is 1. The number of likely N-dealkylation sites (tertiary alicyclic amines) is 2. The number of carbonyl (C=O) groups excluding carboxylic acids is 2. The van der Waals surface area contributed by atoms with Crippen LogP contribution >= 0.6 is 0 Å². The molecule has 2 aliphatic rings. The molecule has 2 amide bonds. The van der Waals surface area contributed by atoms with Crippen molar-refractivity contribution in [2.75, 3.05) is 32.7 Å². The molecule has 1 N–H and O–H groups in total. The smallest absolute Gasteiger partial charge is 0.246 e. The van der Waals surface area contributed by atoms with E-state index in [1.54, 1.807) is 18.5 Å². The van der Waals surface area contributed by atoms with E-state index < -0.39 is 0 Å². The molecule has 2 saturated heterocycles. The Kier molecular flexibility index (Phi) is 8.23. The zero-order valence-electron chi connectivity index (χ0n) is 17.6. The van der Waals surface area contributed by atoms with Crippen molar-refractivity contribution in [2.24, 2.45) is 5.92 Å². The molecule has 3 heterocycles. The summed E-state index contributed by atoms with van der Waals surface area (Å²) in [5.41, 5.74) is 0.980. The Labute approximate surface area is 174 Å². The number of aromatic nitrogens is 1. The molecule has 0 aliphatic carbocycles. The van der Waals surface area contributed by atoms with Crippen LogP contribution in [0.3, 0.4) is 0 Å². The van der Waals surface area contributed by atoms with Gasteiger partial charge in [-0.25, -0.2) is 0 Å². The zero-order chi connectivity index (χ0) is 20.5. The van der Waals surface area contributed by atoms with Gasteiger partial charge >= 0.3 is 0 Å². The first-order chi connectivity index (χ1) is 14.2. The summed E-state index contributed by atoms with van der Waals surface area (Å²) in [7, 11) is 0. The number of carbonyl (C=O) groups is 2. The Morgan fingerprint density at radius 3 is 2.66 bits per heavy atom. The Hall–Kier alpha value is -2.21. The van der Waals surface area contributed by atoms with Gasteiger partial charge in [-0.05, 0) is 74.9 Å². The van der Waals surface area contributed by atoms with Gasteiger partial charge in [0.15, 0.2) is 0 Å². The van der Waals surface area contributed by atoms with Crippen LogP contribution in [0.4, 0.5) is 0 Å². The van der Waals surface area contributed by atoms with Crippen LogP contribution < -0.4 is 5.32 Å². The minimum absolute atomic E-state index is 0.0649. The Morgan fingerprint density at radius 2 is 1.93 bits per heavy atom. The highest BCUT2D eigenvalue weighted by molar-refractivity contribution is 5.91. The molecule has 6 heteroatoms. The van der Waals surface area contributed by atoms with Crippen molar-refractivity contribution >= 4 is 17.9 Å². The summed E-state index contributed by atoms with van der Waals surface area (Å²) in [4.78, 5) is 32.9. The number of amides is 2. The fraction of sp³-hybridized carbons (Fsp3) is 0.609. The first-order valence-electron chi connectivity index (χ1n) is 11.0. The van der Waals surface area contributed by atoms with Gasteiger partial charge in [-0.1, -0.05) is 6.92 Å². The van der Waals surface area contributed by atoms with Crippen molar-refractivity contribution in [3.63, 3.8) is 0 Å². The summed E-state index contributed by atoms with van der Waals surface area (Å²) >= 11 is 0. The Bertz CT molecular complexity index is 683. The van der Waals surface area contributed by atoms with E-state index in [0.717, 1.165) is 57.5 Å². The van der Waals surface area contributed by atoms with Gasteiger partial charge in [0.2, 0.25) is 11.8 Å². The summed E-state index contributed by atoms with van der Waals surface area (Å²) in [5, 5.41) is 3.13. The van der Waals surface area contributed by atoms with Crippen LogP contribution in [-0.2, 0) is 9.59 Å². The first-order valence-corrected chi connectivity index (χ1v) is 11.0. The second kappa shape index (κ2) is 11.1. The van der Waals surface area contributed by atoms with Crippen LogP contribution in [0.15, 0.2) is 30.6 Å². The van der Waals surface area contributed by atoms with Gasteiger partial charge in [-0.3, -0.25) is 19.5 Å². The maximum Gasteiger partial charge on any atom is 0.246 e. The SMILES string of the molecule is CCN1CCCC1CNC(=O)CCC1CCN(C(=O)/C=C/c2ccncc2)CC1. The van der Waals surface area contributed by atoms with E-state index in [0.29, 0.717) is 18.4 Å². The number of pyridine rings is 1. The van der Waals surface area contributed by atoms with Gasteiger partial charge in [0.1, 0.15) is 0 Å². The molecular formula is C23H34N4O2. The topological polar surface area (TPSA) is 65.5 Å². The van der Waals surface area contributed by atoms with E-state index in [1.165, 1.54) is 12.8 Å². The lowest BCUT2D eigenvalue weighted by Gasteiger charge is -2.31. The molecule has 0 bridgehead atoms. The molecule has 2 fully saturated rings. The largest absolute Gasteiger partial charge is 0.355 e. The fourth-order valence-electron chi connectivity index (χ4n) is 4.39. The summed E-state index contributed by atoms with van der Waals surface area (Å²) in [6, 6.07) is 4.28. The van der Waals surface area contributed by atoms with Crippen molar-refractivity contribution < 1.29 is 9.59 Å². The van der Waals surface area contributed by atoms with Gasteiger partial charge in [0.25, 0.3) is 0 Å². The summed E-state index contributed by atoms with van der Waals surface area (Å²) in [6.45, 7) is 6.75. The number of piperidine rings is 1. The van der Waals surface area contributed by atoms with Gasteiger partial charge < -0.3 is 10.2 Å². The van der Waals surface area contributed by atoms with E-state index in [2.05, 4.69) is 22.1 Å². The highest BCUT2D eigenvalue weighted by atomic mass is 16.2. The number of hydrogen-bond acceptors (Lipinski definition) is 4. The molecule has 1 aromatic heterocycles. The van der Waals surface area contributed by atoms with Crippen molar-refractivity contribution in [3.8, 4) is 0 Å². The second-order valence-corrected chi connectivity index (χ2v) is 8.15. The minimum Gasteiger partial charge on any atom is -0.355 e.